The summed E-state index contributed by atoms with van der Waals surface area (Å²) in [5.74, 6) is 0.992. The Balaban J connectivity index is 2.18. The molecule has 1 aliphatic rings. The van der Waals surface area contributed by atoms with Gasteiger partial charge in [0.2, 0.25) is 5.88 Å². The molecule has 0 radical (unpaired) electrons. The van der Waals surface area contributed by atoms with Gasteiger partial charge in [-0.15, -0.1) is 0 Å². The van der Waals surface area contributed by atoms with E-state index >= 15 is 0 Å². The first-order chi connectivity index (χ1) is 7.98. The normalized spacial score (nSPS) is 15.5. The average molecular weight is 235 g/mol. The van der Waals surface area contributed by atoms with E-state index in [4.69, 9.17) is 9.47 Å². The van der Waals surface area contributed by atoms with Crippen molar-refractivity contribution in [3.05, 3.63) is 17.8 Å². The molecule has 1 aliphatic carbocycles. The number of hydrogen-bond donors (Lipinski definition) is 0. The second kappa shape index (κ2) is 4.35. The maximum absolute atomic E-state index is 11.0. The molecule has 1 fully saturated rings. The number of carbonyl (C=O) groups is 1. The fraction of sp³-hybridized carbons (Fsp3) is 0.538. The third-order valence-electron chi connectivity index (χ3n) is 2.21. The Morgan fingerprint density at radius 1 is 1.41 bits per heavy atom. The van der Waals surface area contributed by atoms with E-state index in [-0.39, 0.29) is 5.60 Å². The lowest BCUT2D eigenvalue weighted by atomic mass is 10.2. The van der Waals surface area contributed by atoms with Gasteiger partial charge in [0.05, 0.1) is 17.9 Å². The Bertz CT molecular complexity index is 419. The van der Waals surface area contributed by atoms with Gasteiger partial charge in [-0.3, -0.25) is 4.79 Å². The van der Waals surface area contributed by atoms with Gasteiger partial charge >= 0.3 is 0 Å². The van der Waals surface area contributed by atoms with Gasteiger partial charge in [-0.25, -0.2) is 4.98 Å². The number of ether oxygens (including phenoxy) is 2. The van der Waals surface area contributed by atoms with Crippen molar-refractivity contribution < 1.29 is 14.3 Å². The molecule has 1 heterocycles. The molecule has 1 aromatic heterocycles. The highest BCUT2D eigenvalue weighted by molar-refractivity contribution is 5.78. The standard InChI is InChI=1S/C13H17NO3/c1-13(2,3)17-12-9(8-15)6-11(7-14-12)16-10-4-5-10/h6-8,10H,4-5H2,1-3H3. The summed E-state index contributed by atoms with van der Waals surface area (Å²) in [7, 11) is 0. The molecule has 0 saturated heterocycles. The zero-order chi connectivity index (χ0) is 12.5. The highest BCUT2D eigenvalue weighted by Crippen LogP contribution is 2.29. The summed E-state index contributed by atoms with van der Waals surface area (Å²) >= 11 is 0. The summed E-state index contributed by atoms with van der Waals surface area (Å²) < 4.78 is 11.2. The van der Waals surface area contributed by atoms with Gasteiger partial charge in [-0.1, -0.05) is 0 Å². The van der Waals surface area contributed by atoms with E-state index in [1.807, 2.05) is 20.8 Å². The lowest BCUT2D eigenvalue weighted by molar-refractivity contribution is 0.107. The quantitative estimate of drug-likeness (QED) is 0.753. The van der Waals surface area contributed by atoms with Gasteiger partial charge in [0.1, 0.15) is 11.4 Å². The molecule has 4 nitrogen and oxygen atoms in total. The summed E-state index contributed by atoms with van der Waals surface area (Å²) in [5, 5.41) is 0. The minimum Gasteiger partial charge on any atom is -0.489 e. The molecule has 0 aliphatic heterocycles. The van der Waals surface area contributed by atoms with Crippen molar-refractivity contribution in [3.8, 4) is 11.6 Å². The van der Waals surface area contributed by atoms with E-state index in [0.29, 0.717) is 23.3 Å². The third-order valence-corrected chi connectivity index (χ3v) is 2.21. The molecular weight excluding hydrogens is 218 g/mol. The SMILES string of the molecule is CC(C)(C)Oc1ncc(OC2CC2)cc1C=O. The number of hydrogen-bond acceptors (Lipinski definition) is 4. The fourth-order valence-corrected chi connectivity index (χ4v) is 1.35. The second-order valence-electron chi connectivity index (χ2n) is 5.21. The molecule has 4 heteroatoms. The smallest absolute Gasteiger partial charge is 0.224 e. The van der Waals surface area contributed by atoms with Gasteiger partial charge in [-0.05, 0) is 39.7 Å². The van der Waals surface area contributed by atoms with Crippen molar-refractivity contribution in [3.63, 3.8) is 0 Å². The van der Waals surface area contributed by atoms with E-state index in [2.05, 4.69) is 4.98 Å². The van der Waals surface area contributed by atoms with E-state index in [0.717, 1.165) is 19.1 Å². The van der Waals surface area contributed by atoms with Crippen LogP contribution in [0.2, 0.25) is 0 Å². The van der Waals surface area contributed by atoms with E-state index in [1.165, 1.54) is 0 Å². The Kier molecular flexibility index (Phi) is 3.05. The van der Waals surface area contributed by atoms with Gasteiger partial charge in [0.15, 0.2) is 6.29 Å². The zero-order valence-electron chi connectivity index (χ0n) is 10.4. The van der Waals surface area contributed by atoms with Crippen molar-refractivity contribution >= 4 is 6.29 Å². The molecule has 0 amide bonds. The molecule has 0 unspecified atom stereocenters. The van der Waals surface area contributed by atoms with E-state index < -0.39 is 0 Å². The lowest BCUT2D eigenvalue weighted by Crippen LogP contribution is -2.24. The maximum atomic E-state index is 11.0. The Hall–Kier alpha value is -1.58. The van der Waals surface area contributed by atoms with Crippen LogP contribution < -0.4 is 9.47 Å². The van der Waals surface area contributed by atoms with Gasteiger partial charge in [-0.2, -0.15) is 0 Å². The minimum absolute atomic E-state index is 0.297. The van der Waals surface area contributed by atoms with E-state index in [1.54, 1.807) is 12.3 Å². The first-order valence-corrected chi connectivity index (χ1v) is 5.79. The van der Waals surface area contributed by atoms with Gasteiger partial charge in [0, 0.05) is 0 Å². The number of carbonyl (C=O) groups excluding carboxylic acids is 1. The van der Waals surface area contributed by atoms with Crippen LogP contribution in [0.4, 0.5) is 0 Å². The first kappa shape index (κ1) is 11.9. The molecular formula is C13H17NO3. The summed E-state index contributed by atoms with van der Waals surface area (Å²) in [6.07, 6.45) is 4.80. The average Bonchev–Trinajstić information content (AvgIpc) is 3.02. The number of rotatable bonds is 4. The predicted octanol–water partition coefficient (Wildman–Crippen LogP) is 2.61. The van der Waals surface area contributed by atoms with Crippen LogP contribution in [0.15, 0.2) is 12.3 Å². The number of pyridine rings is 1. The van der Waals surface area contributed by atoms with Crippen LogP contribution in [-0.2, 0) is 0 Å². The zero-order valence-corrected chi connectivity index (χ0v) is 10.4. The number of aldehydes is 1. The summed E-state index contributed by atoms with van der Waals surface area (Å²) in [6, 6.07) is 1.68. The van der Waals surface area contributed by atoms with Crippen molar-refractivity contribution in [1.29, 1.82) is 0 Å². The minimum atomic E-state index is -0.371. The molecule has 0 bridgehead atoms. The lowest BCUT2D eigenvalue weighted by Gasteiger charge is -2.21. The summed E-state index contributed by atoms with van der Waals surface area (Å²) in [5.41, 5.74) is 0.0574. The maximum Gasteiger partial charge on any atom is 0.224 e. The van der Waals surface area contributed by atoms with Crippen LogP contribution in [0.25, 0.3) is 0 Å². The van der Waals surface area contributed by atoms with Crippen molar-refractivity contribution in [2.45, 2.75) is 45.3 Å². The monoisotopic (exact) mass is 235 g/mol. The van der Waals surface area contributed by atoms with Crippen molar-refractivity contribution in [1.82, 2.24) is 4.98 Å². The van der Waals surface area contributed by atoms with Crippen LogP contribution in [0, 0.1) is 0 Å². The second-order valence-corrected chi connectivity index (χ2v) is 5.21. The molecule has 0 spiro atoms. The van der Waals surface area contributed by atoms with Crippen molar-refractivity contribution in [2.75, 3.05) is 0 Å². The van der Waals surface area contributed by atoms with Gasteiger partial charge in [0.25, 0.3) is 0 Å². The van der Waals surface area contributed by atoms with E-state index in [9.17, 15) is 4.79 Å². The fourth-order valence-electron chi connectivity index (χ4n) is 1.35. The molecule has 0 aromatic carbocycles. The van der Waals surface area contributed by atoms with Crippen LogP contribution >= 0.6 is 0 Å². The Morgan fingerprint density at radius 3 is 2.65 bits per heavy atom. The third kappa shape index (κ3) is 3.44. The molecule has 1 aromatic rings. The highest BCUT2D eigenvalue weighted by Gasteiger charge is 2.24. The Morgan fingerprint density at radius 2 is 2.12 bits per heavy atom. The molecule has 0 atom stereocenters. The predicted molar refractivity (Wildman–Crippen MR) is 63.7 cm³/mol. The summed E-state index contributed by atoms with van der Waals surface area (Å²) in [6.45, 7) is 5.74. The van der Waals surface area contributed by atoms with Crippen LogP contribution in [0.5, 0.6) is 11.6 Å². The molecule has 2 rings (SSSR count). The van der Waals surface area contributed by atoms with Crippen LogP contribution in [0.1, 0.15) is 44.0 Å². The molecule has 92 valence electrons. The molecule has 1 saturated carbocycles. The molecule has 0 N–H and O–H groups in total. The first-order valence-electron chi connectivity index (χ1n) is 5.79. The number of aromatic nitrogens is 1. The number of nitrogens with zero attached hydrogens (tertiary/aromatic N) is 1. The highest BCUT2D eigenvalue weighted by atomic mass is 16.5. The molecule has 17 heavy (non-hydrogen) atoms. The van der Waals surface area contributed by atoms with Gasteiger partial charge < -0.3 is 9.47 Å². The topological polar surface area (TPSA) is 48.4 Å². The largest absolute Gasteiger partial charge is 0.489 e. The van der Waals surface area contributed by atoms with Crippen LogP contribution in [-0.4, -0.2) is 23.0 Å². The van der Waals surface area contributed by atoms with Crippen molar-refractivity contribution in [2.24, 2.45) is 0 Å². The van der Waals surface area contributed by atoms with Crippen LogP contribution in [0.3, 0.4) is 0 Å². The summed E-state index contributed by atoms with van der Waals surface area (Å²) in [4.78, 5) is 15.1. The Labute approximate surface area is 101 Å².